The number of rotatable bonds is 18. The van der Waals surface area contributed by atoms with Gasteiger partial charge in [-0.3, -0.25) is 28.8 Å². The third kappa shape index (κ3) is 10.9. The summed E-state index contributed by atoms with van der Waals surface area (Å²) in [6, 6.07) is 3.59. The van der Waals surface area contributed by atoms with E-state index in [1.54, 1.807) is 13.8 Å². The van der Waals surface area contributed by atoms with E-state index in [0.717, 1.165) is 22.3 Å². The van der Waals surface area contributed by atoms with Crippen molar-refractivity contribution in [2.45, 2.75) is 121 Å². The lowest BCUT2D eigenvalue weighted by molar-refractivity contribution is -0.141. The van der Waals surface area contributed by atoms with Crippen LogP contribution in [0.4, 0.5) is 9.59 Å². The van der Waals surface area contributed by atoms with Crippen molar-refractivity contribution in [2.24, 2.45) is 11.3 Å². The highest BCUT2D eigenvalue weighted by Gasteiger charge is 2.61. The van der Waals surface area contributed by atoms with Crippen LogP contribution in [-0.2, 0) is 47.0 Å². The van der Waals surface area contributed by atoms with Crippen LogP contribution in [0.25, 0.3) is 6.08 Å². The zero-order valence-electron chi connectivity index (χ0n) is 33.2. The topological polar surface area (TPSA) is 209 Å². The highest BCUT2D eigenvalue weighted by Crippen LogP contribution is 2.45. The Morgan fingerprint density at radius 1 is 1.11 bits per heavy atom. The second kappa shape index (κ2) is 17.7. The van der Waals surface area contributed by atoms with Crippen LogP contribution in [0.1, 0.15) is 102 Å². The van der Waals surface area contributed by atoms with Crippen LogP contribution in [0.3, 0.4) is 0 Å². The quantitative estimate of drug-likeness (QED) is 0.120. The zero-order valence-corrected chi connectivity index (χ0v) is 34.0. The zero-order chi connectivity index (χ0) is 41.7. The Labute approximate surface area is 334 Å². The summed E-state index contributed by atoms with van der Waals surface area (Å²) in [6.07, 6.45) is 8.14. The van der Waals surface area contributed by atoms with Crippen LogP contribution in [-0.4, -0.2) is 95.0 Å². The maximum absolute atomic E-state index is 14.1. The van der Waals surface area contributed by atoms with Crippen LogP contribution in [0.2, 0.25) is 0 Å². The summed E-state index contributed by atoms with van der Waals surface area (Å²) in [6.45, 7) is 12.1. The third-order valence-electron chi connectivity index (χ3n) is 11.0. The van der Waals surface area contributed by atoms with Gasteiger partial charge in [-0.05, 0) is 93.4 Å². The Bertz CT molecular complexity index is 1950. The lowest BCUT2D eigenvalue weighted by Crippen LogP contribution is -2.58. The first-order valence-electron chi connectivity index (χ1n) is 19.5. The van der Waals surface area contributed by atoms with Crippen molar-refractivity contribution >= 4 is 51.8 Å². The molecule has 2 aliphatic carbocycles. The van der Waals surface area contributed by atoms with Crippen molar-refractivity contribution in [3.8, 4) is 0 Å². The molecule has 4 aliphatic rings. The van der Waals surface area contributed by atoms with E-state index in [0.29, 0.717) is 45.2 Å². The van der Waals surface area contributed by atoms with Gasteiger partial charge >= 0.3 is 12.2 Å². The Kier molecular flexibility index (Phi) is 13.4. The number of carbonyl (C=O) groups is 6. The van der Waals surface area contributed by atoms with Gasteiger partial charge in [0.05, 0.1) is 18.4 Å². The van der Waals surface area contributed by atoms with E-state index in [1.165, 1.54) is 22.0 Å². The molecule has 1 aromatic carbocycles. The number of likely N-dealkylation sites (tertiary alicyclic amines) is 1. The maximum Gasteiger partial charge on any atom is 0.407 e. The fourth-order valence-corrected chi connectivity index (χ4v) is 8.77. The highest BCUT2D eigenvalue weighted by atomic mass is 32.2. The minimum Gasteiger partial charge on any atom is -0.465 e. The van der Waals surface area contributed by atoms with Gasteiger partial charge in [0.25, 0.3) is 5.91 Å². The number of carboxylic acid groups (broad SMARTS) is 1. The lowest BCUT2D eigenvalue weighted by atomic mass is 9.88. The molecular formula is C41H55N5O10S. The van der Waals surface area contributed by atoms with E-state index in [-0.39, 0.29) is 44.6 Å². The summed E-state index contributed by atoms with van der Waals surface area (Å²) in [5.74, 6) is -2.77. The second-order valence-electron chi connectivity index (χ2n) is 16.6. The molecule has 0 aromatic heterocycles. The minimum atomic E-state index is -3.87. The van der Waals surface area contributed by atoms with Gasteiger partial charge in [0, 0.05) is 25.4 Å². The number of benzene rings is 1. The van der Waals surface area contributed by atoms with E-state index in [4.69, 9.17) is 4.74 Å². The molecule has 0 bridgehead atoms. The van der Waals surface area contributed by atoms with Gasteiger partial charge in [0.15, 0.2) is 5.78 Å². The number of carbonyl (C=O) groups excluding carboxylic acids is 5. The molecule has 5 amide bonds. The van der Waals surface area contributed by atoms with Crippen LogP contribution in [0.15, 0.2) is 48.6 Å². The number of nitrogens with zero attached hydrogens (tertiary/aromatic N) is 2. The largest absolute Gasteiger partial charge is 0.465 e. The van der Waals surface area contributed by atoms with Crippen molar-refractivity contribution in [3.63, 3.8) is 0 Å². The molecule has 2 saturated carbocycles. The molecule has 2 heterocycles. The summed E-state index contributed by atoms with van der Waals surface area (Å²) in [4.78, 5) is 81.1. The van der Waals surface area contributed by atoms with Gasteiger partial charge < -0.3 is 25.4 Å². The smallest absolute Gasteiger partial charge is 0.407 e. The van der Waals surface area contributed by atoms with E-state index < -0.39 is 74.1 Å². The van der Waals surface area contributed by atoms with Crippen molar-refractivity contribution in [1.29, 1.82) is 0 Å². The average molecular weight is 810 g/mol. The number of ether oxygens (including phenoxy) is 1. The monoisotopic (exact) mass is 809 g/mol. The number of sulfonamides is 1. The number of fused-ring (bicyclic) bond motifs is 1. The number of nitrogens with one attached hydrogen (secondary N) is 3. The second-order valence-corrected chi connectivity index (χ2v) is 18.6. The molecular weight excluding hydrogens is 755 g/mol. The molecule has 0 unspecified atom stereocenters. The van der Waals surface area contributed by atoms with Crippen molar-refractivity contribution in [1.82, 2.24) is 25.2 Å². The predicted octanol–water partition coefficient (Wildman–Crippen LogP) is 4.57. The number of alkyl carbamates (subject to hydrolysis) is 1. The van der Waals surface area contributed by atoms with Gasteiger partial charge in [0.2, 0.25) is 21.8 Å². The normalized spacial score (nSPS) is 22.0. The van der Waals surface area contributed by atoms with Gasteiger partial charge in [-0.1, -0.05) is 55.8 Å². The number of amides is 5. The van der Waals surface area contributed by atoms with E-state index in [9.17, 15) is 42.3 Å². The lowest BCUT2D eigenvalue weighted by Gasteiger charge is -2.30. The fraction of sp³-hybridized carbons (Fsp3) is 0.561. The molecule has 16 heteroatoms. The maximum atomic E-state index is 14.1. The average Bonchev–Trinajstić information content (AvgIpc) is 4.02. The Balaban J connectivity index is 1.19. The Morgan fingerprint density at radius 3 is 2.49 bits per heavy atom. The Morgan fingerprint density at radius 2 is 1.84 bits per heavy atom. The summed E-state index contributed by atoms with van der Waals surface area (Å²) in [7, 11) is -3.87. The first kappa shape index (κ1) is 43.1. The van der Waals surface area contributed by atoms with E-state index >= 15 is 0 Å². The standard InChI is InChI=1S/C41H55N5O10S/c1-6-29-22-41(29,37(50)44-57(54,55)31-16-17-31)43-35(48)34-14-10-20-46(34)36(49)33(18-15-30(47)21-26(2)3)42-38(51)56-25-40(4,5)19-8-7-11-27-12-9-13-28-23-45(39(52)53)24-32(27)28/h6-7,9,11-13,21,29,31,33-34H,1,8,10,14-20,22-25H2,2-5H3,(H,42,51)(H,43,48)(H,44,50)(H,52,53)/b11-7+/t29-,33+,34+,41-/m1/s1. The fourth-order valence-electron chi connectivity index (χ4n) is 7.40. The van der Waals surface area contributed by atoms with Crippen molar-refractivity contribution < 1.29 is 47.0 Å². The Hall–Kier alpha value is -4.99. The minimum absolute atomic E-state index is 0.0262. The molecule has 5 rings (SSSR count). The number of allylic oxidation sites excluding steroid dienone is 3. The summed E-state index contributed by atoms with van der Waals surface area (Å²) in [5.41, 5.74) is 1.74. The molecule has 0 radical (unpaired) electrons. The molecule has 310 valence electrons. The number of ketones is 1. The van der Waals surface area contributed by atoms with E-state index in [2.05, 4.69) is 21.9 Å². The molecule has 1 aromatic rings. The highest BCUT2D eigenvalue weighted by molar-refractivity contribution is 7.91. The SMILES string of the molecule is C=C[C@@H]1C[C@]1(NC(=O)[C@@H]1CCCN1C(=O)[C@H](CCC(=O)C=C(C)C)NC(=O)OCC(C)(C)CC/C=C/c1cccc2c1CN(C(=O)O)C2)C(=O)NS(=O)(=O)C1CC1. The molecule has 1 saturated heterocycles. The summed E-state index contributed by atoms with van der Waals surface area (Å²) >= 11 is 0. The molecule has 2 aliphatic heterocycles. The van der Waals surface area contributed by atoms with Crippen molar-refractivity contribution in [2.75, 3.05) is 13.2 Å². The van der Waals surface area contributed by atoms with Crippen LogP contribution in [0.5, 0.6) is 0 Å². The van der Waals surface area contributed by atoms with Crippen LogP contribution in [0, 0.1) is 11.3 Å². The van der Waals surface area contributed by atoms with Crippen LogP contribution >= 0.6 is 0 Å². The van der Waals surface area contributed by atoms with Gasteiger partial charge in [-0.2, -0.15) is 0 Å². The first-order chi connectivity index (χ1) is 26.9. The summed E-state index contributed by atoms with van der Waals surface area (Å²) in [5, 5.41) is 14.1. The van der Waals surface area contributed by atoms with Crippen LogP contribution < -0.4 is 15.4 Å². The summed E-state index contributed by atoms with van der Waals surface area (Å²) < 4.78 is 32.8. The number of hydrogen-bond acceptors (Lipinski definition) is 9. The van der Waals surface area contributed by atoms with Gasteiger partial charge in [0.1, 0.15) is 17.6 Å². The molecule has 57 heavy (non-hydrogen) atoms. The third-order valence-corrected chi connectivity index (χ3v) is 12.8. The molecule has 3 fully saturated rings. The van der Waals surface area contributed by atoms with Crippen molar-refractivity contribution in [3.05, 3.63) is 65.3 Å². The molecule has 0 spiro atoms. The van der Waals surface area contributed by atoms with Gasteiger partial charge in [-0.25, -0.2) is 18.0 Å². The molecule has 4 N–H and O–H groups in total. The number of hydrogen-bond donors (Lipinski definition) is 4. The molecule has 15 nitrogen and oxygen atoms in total. The van der Waals surface area contributed by atoms with Gasteiger partial charge in [-0.15, -0.1) is 6.58 Å². The first-order valence-corrected chi connectivity index (χ1v) is 21.1. The predicted molar refractivity (Wildman–Crippen MR) is 212 cm³/mol. The van der Waals surface area contributed by atoms with E-state index in [1.807, 2.05) is 44.2 Å². The molecule has 4 atom stereocenters.